The summed E-state index contributed by atoms with van der Waals surface area (Å²) in [5.41, 5.74) is 0. The molecule has 0 spiro atoms. The molecule has 394 valence electrons. The van der Waals surface area contributed by atoms with Gasteiger partial charge in [0.15, 0.2) is 0 Å². The van der Waals surface area contributed by atoms with E-state index in [4.69, 9.17) is 0 Å². The summed E-state index contributed by atoms with van der Waals surface area (Å²) in [5.74, 6) is -0.0231. The van der Waals surface area contributed by atoms with E-state index in [1.165, 1.54) is 308 Å². The molecule has 4 nitrogen and oxygen atoms in total. The highest BCUT2D eigenvalue weighted by Gasteiger charge is 2.20. The van der Waals surface area contributed by atoms with E-state index < -0.39 is 12.1 Å². The molecule has 4 heteroatoms. The Kier molecular flexibility index (Phi) is 57.7. The van der Waals surface area contributed by atoms with Gasteiger partial charge in [0.1, 0.15) is 0 Å². The van der Waals surface area contributed by atoms with E-state index in [1.54, 1.807) is 0 Å². The van der Waals surface area contributed by atoms with Crippen LogP contribution in [0.15, 0.2) is 12.2 Å². The van der Waals surface area contributed by atoms with Crippen LogP contribution in [0.25, 0.3) is 0 Å². The smallest absolute Gasteiger partial charge is 0.220 e. The number of nitrogens with one attached hydrogen (secondary N) is 1. The number of unbranched alkanes of at least 4 members (excludes halogenated alkanes) is 49. The van der Waals surface area contributed by atoms with Gasteiger partial charge in [0.05, 0.1) is 18.8 Å². The molecule has 0 saturated heterocycles. The van der Waals surface area contributed by atoms with Gasteiger partial charge in [-0.15, -0.1) is 0 Å². The lowest BCUT2D eigenvalue weighted by Crippen LogP contribution is -2.45. The van der Waals surface area contributed by atoms with Gasteiger partial charge in [-0.1, -0.05) is 328 Å². The van der Waals surface area contributed by atoms with E-state index in [9.17, 15) is 15.0 Å². The highest BCUT2D eigenvalue weighted by atomic mass is 16.3. The van der Waals surface area contributed by atoms with E-state index in [0.29, 0.717) is 12.8 Å². The monoisotopic (exact) mass is 930 g/mol. The normalized spacial score (nSPS) is 12.7. The first-order valence-electron chi connectivity index (χ1n) is 30.9. The molecular weight excluding hydrogens is 807 g/mol. The molecule has 66 heavy (non-hydrogen) atoms. The van der Waals surface area contributed by atoms with Crippen molar-refractivity contribution >= 4 is 5.91 Å². The second-order valence-electron chi connectivity index (χ2n) is 21.5. The van der Waals surface area contributed by atoms with Crippen LogP contribution < -0.4 is 5.32 Å². The van der Waals surface area contributed by atoms with E-state index in [0.717, 1.165) is 25.7 Å². The molecule has 0 fully saturated rings. The molecule has 0 bridgehead atoms. The topological polar surface area (TPSA) is 69.6 Å². The largest absolute Gasteiger partial charge is 0.394 e. The Balaban J connectivity index is 3.33. The molecule has 2 atom stereocenters. The predicted octanol–water partition coefficient (Wildman–Crippen LogP) is 20.5. The van der Waals surface area contributed by atoms with Crippen molar-refractivity contribution in [2.24, 2.45) is 0 Å². The van der Waals surface area contributed by atoms with Crippen LogP contribution in [0.3, 0.4) is 0 Å². The van der Waals surface area contributed by atoms with Crippen molar-refractivity contribution in [3.05, 3.63) is 12.2 Å². The Morgan fingerprint density at radius 1 is 0.348 bits per heavy atom. The minimum absolute atomic E-state index is 0.0231. The number of carbonyl (C=O) groups is 1. The van der Waals surface area contributed by atoms with Crippen LogP contribution in [0.4, 0.5) is 0 Å². The molecule has 0 aromatic carbocycles. The molecule has 0 rings (SSSR count). The number of hydrogen-bond acceptors (Lipinski definition) is 3. The summed E-state index contributed by atoms with van der Waals surface area (Å²) in [6, 6.07) is -0.532. The van der Waals surface area contributed by atoms with Crippen molar-refractivity contribution in [1.82, 2.24) is 5.32 Å². The zero-order valence-corrected chi connectivity index (χ0v) is 45.5. The average Bonchev–Trinajstić information content (AvgIpc) is 3.32. The molecule has 0 aliphatic rings. The lowest BCUT2D eigenvalue weighted by molar-refractivity contribution is -0.123. The van der Waals surface area contributed by atoms with Crippen molar-refractivity contribution < 1.29 is 15.0 Å². The summed E-state index contributed by atoms with van der Waals surface area (Å²) in [5, 5.41) is 23.3. The number of amides is 1. The minimum Gasteiger partial charge on any atom is -0.394 e. The number of rotatable bonds is 58. The summed E-state index contributed by atoms with van der Waals surface area (Å²) < 4.78 is 0. The fraction of sp³-hybridized carbons (Fsp3) is 0.952. The van der Waals surface area contributed by atoms with Crippen molar-refractivity contribution in [1.29, 1.82) is 0 Å². The Labute approximate surface area is 416 Å². The maximum atomic E-state index is 12.5. The lowest BCUT2D eigenvalue weighted by Gasteiger charge is -2.22. The van der Waals surface area contributed by atoms with Gasteiger partial charge in [-0.2, -0.15) is 0 Å². The predicted molar refractivity (Wildman–Crippen MR) is 295 cm³/mol. The van der Waals surface area contributed by atoms with Gasteiger partial charge in [0.2, 0.25) is 5.91 Å². The standard InChI is InChI=1S/C62H123NO3/c1-3-5-7-9-11-13-15-17-19-20-21-22-23-24-25-26-27-28-29-30-31-32-33-34-35-36-37-38-39-40-41-42-44-46-48-50-52-54-56-58-62(66)63-60(59-64)61(65)57-55-53-51-49-47-45-43-18-16-14-12-10-8-6-4-2/h20-21,60-61,64-65H,3-19,22-59H2,1-2H3,(H,63,66)/b21-20-. The average molecular weight is 931 g/mol. The third kappa shape index (κ3) is 54.1. The highest BCUT2D eigenvalue weighted by Crippen LogP contribution is 2.19. The van der Waals surface area contributed by atoms with Crippen molar-refractivity contribution in [2.75, 3.05) is 6.61 Å². The zero-order valence-electron chi connectivity index (χ0n) is 45.5. The van der Waals surface area contributed by atoms with Gasteiger partial charge in [0.25, 0.3) is 0 Å². The van der Waals surface area contributed by atoms with Crippen LogP contribution >= 0.6 is 0 Å². The minimum atomic E-state index is -0.655. The van der Waals surface area contributed by atoms with Crippen LogP contribution in [-0.4, -0.2) is 34.9 Å². The van der Waals surface area contributed by atoms with E-state index in [1.807, 2.05) is 0 Å². The maximum absolute atomic E-state index is 12.5. The fourth-order valence-corrected chi connectivity index (χ4v) is 10.1. The molecule has 0 aliphatic carbocycles. The molecule has 0 saturated carbocycles. The molecule has 2 unspecified atom stereocenters. The van der Waals surface area contributed by atoms with Crippen molar-refractivity contribution in [2.45, 2.75) is 373 Å². The second kappa shape index (κ2) is 58.4. The molecule has 3 N–H and O–H groups in total. The summed E-state index contributed by atoms with van der Waals surface area (Å²) in [6.45, 7) is 4.39. The molecular formula is C62H123NO3. The Morgan fingerprint density at radius 3 is 0.833 bits per heavy atom. The SMILES string of the molecule is CCCCCCCCCC/C=C\CCCCCCCCCCCCCCCCCCCCCCCCCCCCCC(=O)NC(CO)C(O)CCCCCCCCCCCCCCCCC. The van der Waals surface area contributed by atoms with Gasteiger partial charge < -0.3 is 15.5 Å². The molecule has 0 aliphatic heterocycles. The third-order valence-corrected chi connectivity index (χ3v) is 14.8. The summed E-state index contributed by atoms with van der Waals surface area (Å²) in [7, 11) is 0. The van der Waals surface area contributed by atoms with Gasteiger partial charge >= 0.3 is 0 Å². The first-order chi connectivity index (χ1) is 32.7. The maximum Gasteiger partial charge on any atom is 0.220 e. The Morgan fingerprint density at radius 2 is 0.576 bits per heavy atom. The Hall–Kier alpha value is -0.870. The van der Waals surface area contributed by atoms with Gasteiger partial charge in [-0.05, 0) is 38.5 Å². The summed E-state index contributed by atoms with van der Waals surface area (Å²) in [6.07, 6.45) is 76.7. The van der Waals surface area contributed by atoms with Crippen molar-refractivity contribution in [3.63, 3.8) is 0 Å². The molecule has 0 aromatic rings. The van der Waals surface area contributed by atoms with Crippen LogP contribution in [0.5, 0.6) is 0 Å². The Bertz CT molecular complexity index is 921. The number of allylic oxidation sites excluding steroid dienone is 2. The number of hydrogen-bond donors (Lipinski definition) is 3. The molecule has 0 aromatic heterocycles. The van der Waals surface area contributed by atoms with Crippen LogP contribution in [-0.2, 0) is 4.79 Å². The van der Waals surface area contributed by atoms with Gasteiger partial charge in [-0.3, -0.25) is 4.79 Å². The molecule has 0 radical (unpaired) electrons. The summed E-state index contributed by atoms with van der Waals surface area (Å²) in [4.78, 5) is 12.5. The first kappa shape index (κ1) is 65.1. The van der Waals surface area contributed by atoms with Crippen LogP contribution in [0.1, 0.15) is 361 Å². The van der Waals surface area contributed by atoms with Gasteiger partial charge in [0, 0.05) is 6.42 Å². The number of carbonyl (C=O) groups excluding carboxylic acids is 1. The van der Waals surface area contributed by atoms with E-state index in [-0.39, 0.29) is 12.5 Å². The van der Waals surface area contributed by atoms with Crippen LogP contribution in [0, 0.1) is 0 Å². The van der Waals surface area contributed by atoms with Gasteiger partial charge in [-0.25, -0.2) is 0 Å². The molecule has 0 heterocycles. The second-order valence-corrected chi connectivity index (χ2v) is 21.5. The molecule has 1 amide bonds. The van der Waals surface area contributed by atoms with E-state index >= 15 is 0 Å². The lowest BCUT2D eigenvalue weighted by atomic mass is 10.0. The first-order valence-corrected chi connectivity index (χ1v) is 30.9. The van der Waals surface area contributed by atoms with E-state index in [2.05, 4.69) is 31.3 Å². The number of aliphatic hydroxyl groups excluding tert-OH is 2. The summed E-state index contributed by atoms with van der Waals surface area (Å²) >= 11 is 0. The highest BCUT2D eigenvalue weighted by molar-refractivity contribution is 5.76. The fourth-order valence-electron chi connectivity index (χ4n) is 10.1. The quantitative estimate of drug-likeness (QED) is 0.0420. The van der Waals surface area contributed by atoms with Crippen molar-refractivity contribution in [3.8, 4) is 0 Å². The number of aliphatic hydroxyl groups is 2. The third-order valence-electron chi connectivity index (χ3n) is 14.8. The van der Waals surface area contributed by atoms with Crippen LogP contribution in [0.2, 0.25) is 0 Å². The zero-order chi connectivity index (χ0) is 47.7.